The third-order valence-corrected chi connectivity index (χ3v) is 1.77. The molecule has 0 bridgehead atoms. The summed E-state index contributed by atoms with van der Waals surface area (Å²) in [4.78, 5) is 0. The van der Waals surface area contributed by atoms with Crippen LogP contribution in [0.4, 0.5) is 0 Å². The van der Waals surface area contributed by atoms with Gasteiger partial charge in [-0.3, -0.25) is 0 Å². The van der Waals surface area contributed by atoms with Gasteiger partial charge >= 0.3 is 0 Å². The van der Waals surface area contributed by atoms with Gasteiger partial charge in [0.1, 0.15) is 0 Å². The maximum absolute atomic E-state index is 4.95. The van der Waals surface area contributed by atoms with E-state index in [4.69, 9.17) is 4.74 Å². The predicted molar refractivity (Wildman–Crippen MR) is 32.8 cm³/mol. The average Bonchev–Trinajstić information content (AvgIpc) is 1.23. The fourth-order valence-corrected chi connectivity index (χ4v) is 0.705. The normalized spacial score (nSPS) is 26.6. The van der Waals surface area contributed by atoms with Crippen LogP contribution in [0.5, 0.6) is 0 Å². The number of ether oxygens (including phenoxy) is 1. The molecule has 7 heavy (non-hydrogen) atoms. The van der Waals surface area contributed by atoms with Gasteiger partial charge < -0.3 is 4.74 Å². The van der Waals surface area contributed by atoms with Crippen molar-refractivity contribution in [3.63, 3.8) is 0 Å². The maximum Gasteiger partial charge on any atom is 0.0526 e. The fraction of sp³-hybridized carbons (Fsp3) is 1.00. The molecule has 0 radical (unpaired) electrons. The Kier molecular flexibility index (Phi) is 1.60. The van der Waals surface area contributed by atoms with Crippen LogP contribution < -0.4 is 0 Å². The van der Waals surface area contributed by atoms with Gasteiger partial charge in [-0.1, -0.05) is 6.92 Å². The zero-order chi connectivity index (χ0) is 5.28. The lowest BCUT2D eigenvalue weighted by Crippen LogP contribution is -2.33. The van der Waals surface area contributed by atoms with Crippen molar-refractivity contribution in [3.8, 4) is 0 Å². The minimum absolute atomic E-state index is 0.522. The maximum atomic E-state index is 4.95. The predicted octanol–water partition coefficient (Wildman–Crippen LogP) is 0.951. The zero-order valence-corrected chi connectivity index (χ0v) is 5.32. The summed E-state index contributed by atoms with van der Waals surface area (Å²) in [6.07, 6.45) is 0. The van der Waals surface area contributed by atoms with Gasteiger partial charge in [0.05, 0.1) is 13.2 Å². The molecule has 0 amide bonds. The Morgan fingerprint density at radius 3 is 2.29 bits per heavy atom. The Morgan fingerprint density at radius 1 is 1.71 bits per heavy atom. The van der Waals surface area contributed by atoms with E-state index in [1.54, 1.807) is 0 Å². The van der Waals surface area contributed by atoms with Crippen LogP contribution in [0.25, 0.3) is 0 Å². The molecule has 0 saturated carbocycles. The molecule has 42 valence electrons. The van der Waals surface area contributed by atoms with Crippen LogP contribution in [0.15, 0.2) is 0 Å². The van der Waals surface area contributed by atoms with E-state index in [9.17, 15) is 0 Å². The molecular formula is C5H10OS. The monoisotopic (exact) mass is 118 g/mol. The van der Waals surface area contributed by atoms with Crippen LogP contribution in [0.1, 0.15) is 6.92 Å². The molecule has 1 aliphatic heterocycles. The number of thiol groups is 1. The molecule has 0 aromatic heterocycles. The van der Waals surface area contributed by atoms with Crippen LogP contribution in [0, 0.1) is 5.92 Å². The lowest BCUT2D eigenvalue weighted by Gasteiger charge is -2.28. The molecule has 1 fully saturated rings. The summed E-state index contributed by atoms with van der Waals surface area (Å²) >= 11 is 4.24. The van der Waals surface area contributed by atoms with Crippen molar-refractivity contribution in [2.24, 2.45) is 5.92 Å². The highest BCUT2D eigenvalue weighted by molar-refractivity contribution is 7.80. The van der Waals surface area contributed by atoms with Gasteiger partial charge in [-0.25, -0.2) is 0 Å². The molecule has 0 N–H and O–H groups in total. The Bertz CT molecular complexity index is 59.1. The molecule has 2 heteroatoms. The molecule has 0 aromatic rings. The van der Waals surface area contributed by atoms with Gasteiger partial charge in [-0.05, 0) is 0 Å². The molecule has 0 aromatic carbocycles. The molecular weight excluding hydrogens is 108 g/mol. The summed E-state index contributed by atoms with van der Waals surface area (Å²) in [6.45, 7) is 3.95. The first kappa shape index (κ1) is 5.45. The Balaban J connectivity index is 2.14. The van der Waals surface area contributed by atoms with Gasteiger partial charge in [-0.15, -0.1) is 0 Å². The summed E-state index contributed by atoms with van der Waals surface area (Å²) in [6, 6.07) is 0. The van der Waals surface area contributed by atoms with Crippen LogP contribution >= 0.6 is 12.6 Å². The Labute approximate surface area is 49.5 Å². The van der Waals surface area contributed by atoms with Crippen molar-refractivity contribution < 1.29 is 4.74 Å². The molecule has 1 nitrogen and oxygen atoms in total. The van der Waals surface area contributed by atoms with Gasteiger partial charge in [0, 0.05) is 11.2 Å². The van der Waals surface area contributed by atoms with Gasteiger partial charge in [0.2, 0.25) is 0 Å². The van der Waals surface area contributed by atoms with Gasteiger partial charge in [-0.2, -0.15) is 12.6 Å². The second kappa shape index (κ2) is 2.05. The third kappa shape index (κ3) is 1.10. The summed E-state index contributed by atoms with van der Waals surface area (Å²) in [5.41, 5.74) is 0. The summed E-state index contributed by atoms with van der Waals surface area (Å²) < 4.78 is 4.95. The highest BCUT2D eigenvalue weighted by atomic mass is 32.1. The lowest BCUT2D eigenvalue weighted by molar-refractivity contribution is -0.0300. The highest BCUT2D eigenvalue weighted by Gasteiger charge is 2.21. The molecule has 1 rings (SSSR count). The van der Waals surface area contributed by atoms with E-state index < -0.39 is 0 Å². The van der Waals surface area contributed by atoms with E-state index >= 15 is 0 Å². The van der Waals surface area contributed by atoms with Crippen LogP contribution in [0.2, 0.25) is 0 Å². The lowest BCUT2D eigenvalue weighted by atomic mass is 10.1. The number of rotatable bonds is 1. The summed E-state index contributed by atoms with van der Waals surface area (Å²) in [7, 11) is 0. The van der Waals surface area contributed by atoms with E-state index in [2.05, 4.69) is 19.6 Å². The standard InChI is InChI=1S/C5H10OS/c1-4(7)5-2-6-3-5/h4-5,7H,2-3H2,1H3. The first-order valence-corrected chi connectivity index (χ1v) is 3.08. The van der Waals surface area contributed by atoms with Gasteiger partial charge in [0.15, 0.2) is 0 Å². The van der Waals surface area contributed by atoms with E-state index in [-0.39, 0.29) is 0 Å². The number of hydrogen-bond acceptors (Lipinski definition) is 2. The molecule has 1 unspecified atom stereocenters. The van der Waals surface area contributed by atoms with Gasteiger partial charge in [0.25, 0.3) is 0 Å². The zero-order valence-electron chi connectivity index (χ0n) is 4.42. The van der Waals surface area contributed by atoms with Crippen LogP contribution in [-0.2, 0) is 4.74 Å². The summed E-state index contributed by atoms with van der Waals surface area (Å²) in [5.74, 6) is 0.725. The topological polar surface area (TPSA) is 9.23 Å². The van der Waals surface area contributed by atoms with E-state index in [0.29, 0.717) is 5.25 Å². The van der Waals surface area contributed by atoms with E-state index in [1.807, 2.05) is 0 Å². The smallest absolute Gasteiger partial charge is 0.0526 e. The Morgan fingerprint density at radius 2 is 2.29 bits per heavy atom. The van der Waals surface area contributed by atoms with Crippen molar-refractivity contribution >= 4 is 12.6 Å². The van der Waals surface area contributed by atoms with Crippen LogP contribution in [0.3, 0.4) is 0 Å². The van der Waals surface area contributed by atoms with E-state index in [0.717, 1.165) is 19.1 Å². The average molecular weight is 118 g/mol. The SMILES string of the molecule is CC(S)C1COC1. The molecule has 1 atom stereocenters. The van der Waals surface area contributed by atoms with Crippen molar-refractivity contribution in [2.45, 2.75) is 12.2 Å². The largest absolute Gasteiger partial charge is 0.381 e. The molecule has 1 heterocycles. The molecule has 0 spiro atoms. The highest BCUT2D eigenvalue weighted by Crippen LogP contribution is 2.17. The number of hydrogen-bond donors (Lipinski definition) is 1. The molecule has 0 aliphatic carbocycles. The molecule has 1 aliphatic rings. The van der Waals surface area contributed by atoms with E-state index in [1.165, 1.54) is 0 Å². The third-order valence-electron chi connectivity index (χ3n) is 1.35. The summed E-state index contributed by atoms with van der Waals surface area (Å²) in [5, 5.41) is 0.522. The van der Waals surface area contributed by atoms with Crippen molar-refractivity contribution in [2.75, 3.05) is 13.2 Å². The first-order valence-electron chi connectivity index (χ1n) is 2.56. The van der Waals surface area contributed by atoms with Crippen molar-refractivity contribution in [3.05, 3.63) is 0 Å². The minimum atomic E-state index is 0.522. The quantitative estimate of drug-likeness (QED) is 0.504. The van der Waals surface area contributed by atoms with Crippen molar-refractivity contribution in [1.29, 1.82) is 0 Å². The second-order valence-electron chi connectivity index (χ2n) is 2.04. The second-order valence-corrected chi connectivity index (χ2v) is 2.85. The minimum Gasteiger partial charge on any atom is -0.381 e. The first-order chi connectivity index (χ1) is 3.30. The van der Waals surface area contributed by atoms with Crippen LogP contribution in [-0.4, -0.2) is 18.5 Å². The van der Waals surface area contributed by atoms with Crippen molar-refractivity contribution in [1.82, 2.24) is 0 Å². The fourth-order valence-electron chi connectivity index (χ4n) is 0.532. The molecule has 1 saturated heterocycles. The Hall–Kier alpha value is 0.310.